The van der Waals surface area contributed by atoms with Crippen LogP contribution in [0.15, 0.2) is 54.6 Å². The Hall–Kier alpha value is -2.57. The summed E-state index contributed by atoms with van der Waals surface area (Å²) in [6.07, 6.45) is 1.02. The van der Waals surface area contributed by atoms with E-state index in [1.54, 1.807) is 17.6 Å². The van der Waals surface area contributed by atoms with Crippen LogP contribution in [-0.4, -0.2) is 30.9 Å². The Kier molecular flexibility index (Phi) is 5.53. The van der Waals surface area contributed by atoms with Crippen molar-refractivity contribution in [2.45, 2.75) is 12.8 Å². The van der Waals surface area contributed by atoms with Crippen LogP contribution in [0.4, 0.5) is 0 Å². The molecule has 1 saturated heterocycles. The lowest BCUT2D eigenvalue weighted by Crippen LogP contribution is -2.47. The number of benzene rings is 2. The van der Waals surface area contributed by atoms with Crippen molar-refractivity contribution in [1.82, 2.24) is 5.48 Å². The van der Waals surface area contributed by atoms with Gasteiger partial charge in [-0.15, -0.1) is 0 Å². The number of carbonyl (C=O) groups is 1. The maximum absolute atomic E-state index is 12.1. The third-order valence-electron chi connectivity index (χ3n) is 4.35. The van der Waals surface area contributed by atoms with Crippen molar-refractivity contribution in [2.24, 2.45) is 5.41 Å². The minimum Gasteiger partial charge on any atom is -0.492 e. The Balaban J connectivity index is 1.61. The molecule has 0 aromatic heterocycles. The standard InChI is InChI=1S/C19H21NO5/c21-18(20-22)19(10-12-23-13-11-19)14-24-15-6-8-17(9-7-15)25-16-4-2-1-3-5-16/h1-9,22H,10-14H2,(H,20,21). The monoisotopic (exact) mass is 343 g/mol. The second-order valence-corrected chi connectivity index (χ2v) is 6.01. The molecule has 0 radical (unpaired) electrons. The lowest BCUT2D eigenvalue weighted by Gasteiger charge is -2.34. The van der Waals surface area contributed by atoms with Crippen molar-refractivity contribution in [3.63, 3.8) is 0 Å². The lowest BCUT2D eigenvalue weighted by atomic mass is 9.80. The van der Waals surface area contributed by atoms with E-state index in [0.29, 0.717) is 37.6 Å². The molecule has 1 aliphatic heterocycles. The van der Waals surface area contributed by atoms with Crippen LogP contribution in [-0.2, 0) is 9.53 Å². The van der Waals surface area contributed by atoms with E-state index in [1.807, 2.05) is 42.5 Å². The van der Waals surface area contributed by atoms with Gasteiger partial charge >= 0.3 is 0 Å². The van der Waals surface area contributed by atoms with Crippen molar-refractivity contribution in [3.05, 3.63) is 54.6 Å². The van der Waals surface area contributed by atoms with Gasteiger partial charge < -0.3 is 14.2 Å². The second kappa shape index (κ2) is 8.00. The Labute approximate surface area is 146 Å². The number of rotatable bonds is 6. The number of para-hydroxylation sites is 1. The average molecular weight is 343 g/mol. The van der Waals surface area contributed by atoms with Gasteiger partial charge in [0.1, 0.15) is 23.9 Å². The normalized spacial score (nSPS) is 16.0. The van der Waals surface area contributed by atoms with Crippen LogP contribution in [0.1, 0.15) is 12.8 Å². The van der Waals surface area contributed by atoms with Gasteiger partial charge in [-0.1, -0.05) is 18.2 Å². The van der Waals surface area contributed by atoms with Gasteiger partial charge in [0.2, 0.25) is 0 Å². The summed E-state index contributed by atoms with van der Waals surface area (Å²) >= 11 is 0. The van der Waals surface area contributed by atoms with Gasteiger partial charge in [-0.25, -0.2) is 5.48 Å². The molecule has 0 spiro atoms. The van der Waals surface area contributed by atoms with E-state index < -0.39 is 11.3 Å². The first-order chi connectivity index (χ1) is 12.2. The molecule has 2 aromatic rings. The number of hydroxylamine groups is 1. The highest BCUT2D eigenvalue weighted by molar-refractivity contribution is 5.81. The van der Waals surface area contributed by atoms with E-state index in [0.717, 1.165) is 5.75 Å². The first-order valence-electron chi connectivity index (χ1n) is 8.20. The maximum Gasteiger partial charge on any atom is 0.253 e. The summed E-state index contributed by atoms with van der Waals surface area (Å²) in [6.45, 7) is 1.13. The quantitative estimate of drug-likeness (QED) is 0.622. The number of carbonyl (C=O) groups excluding carboxylic acids is 1. The van der Waals surface area contributed by atoms with Crippen molar-refractivity contribution in [1.29, 1.82) is 0 Å². The molecule has 1 aliphatic rings. The average Bonchev–Trinajstić information content (AvgIpc) is 2.68. The summed E-state index contributed by atoms with van der Waals surface area (Å²) < 4.78 is 16.8. The van der Waals surface area contributed by atoms with E-state index in [4.69, 9.17) is 19.4 Å². The molecule has 0 aliphatic carbocycles. The zero-order valence-corrected chi connectivity index (χ0v) is 13.8. The number of nitrogens with one attached hydrogen (secondary N) is 1. The summed E-state index contributed by atoms with van der Waals surface area (Å²) in [6, 6.07) is 16.7. The van der Waals surface area contributed by atoms with E-state index in [-0.39, 0.29) is 6.61 Å². The third kappa shape index (κ3) is 4.29. The first-order valence-corrected chi connectivity index (χ1v) is 8.20. The molecular formula is C19H21NO5. The van der Waals surface area contributed by atoms with E-state index in [2.05, 4.69) is 0 Å². The SMILES string of the molecule is O=C(NO)C1(COc2ccc(Oc3ccccc3)cc2)CCOCC1. The predicted molar refractivity (Wildman–Crippen MR) is 90.9 cm³/mol. The van der Waals surface area contributed by atoms with Crippen molar-refractivity contribution >= 4 is 5.91 Å². The summed E-state index contributed by atoms with van der Waals surface area (Å²) in [4.78, 5) is 12.1. The molecule has 132 valence electrons. The second-order valence-electron chi connectivity index (χ2n) is 6.01. The van der Waals surface area contributed by atoms with Crippen LogP contribution in [0.25, 0.3) is 0 Å². The van der Waals surface area contributed by atoms with Gasteiger partial charge in [0.05, 0.1) is 5.41 Å². The Morgan fingerprint density at radius 2 is 1.60 bits per heavy atom. The van der Waals surface area contributed by atoms with Crippen molar-refractivity contribution < 1.29 is 24.2 Å². The first kappa shape index (κ1) is 17.3. The minimum atomic E-state index is -0.772. The van der Waals surface area contributed by atoms with E-state index in [9.17, 15) is 4.79 Å². The molecule has 6 nitrogen and oxygen atoms in total. The molecule has 2 aromatic carbocycles. The fraction of sp³-hybridized carbons (Fsp3) is 0.316. The van der Waals surface area contributed by atoms with Crippen LogP contribution in [0.5, 0.6) is 17.2 Å². The third-order valence-corrected chi connectivity index (χ3v) is 4.35. The topological polar surface area (TPSA) is 77.0 Å². The molecule has 3 rings (SSSR count). The number of hydrogen-bond acceptors (Lipinski definition) is 5. The van der Waals surface area contributed by atoms with Gasteiger partial charge in [-0.2, -0.15) is 0 Å². The van der Waals surface area contributed by atoms with Crippen LogP contribution < -0.4 is 15.0 Å². The molecule has 2 N–H and O–H groups in total. The van der Waals surface area contributed by atoms with Crippen LogP contribution >= 0.6 is 0 Å². The molecule has 1 amide bonds. The van der Waals surface area contributed by atoms with E-state index in [1.165, 1.54) is 0 Å². The van der Waals surface area contributed by atoms with Crippen LogP contribution in [0, 0.1) is 5.41 Å². The maximum atomic E-state index is 12.1. The van der Waals surface area contributed by atoms with Gasteiger partial charge in [-0.3, -0.25) is 10.0 Å². The number of amides is 1. The zero-order chi connectivity index (χ0) is 17.5. The Morgan fingerprint density at radius 1 is 1.00 bits per heavy atom. The Bertz CT molecular complexity index is 681. The highest BCUT2D eigenvalue weighted by Gasteiger charge is 2.41. The van der Waals surface area contributed by atoms with E-state index >= 15 is 0 Å². The highest BCUT2D eigenvalue weighted by Crippen LogP contribution is 2.32. The smallest absolute Gasteiger partial charge is 0.253 e. The predicted octanol–water partition coefficient (Wildman–Crippen LogP) is 3.16. The van der Waals surface area contributed by atoms with Gasteiger partial charge in [-0.05, 0) is 49.2 Å². The minimum absolute atomic E-state index is 0.182. The van der Waals surface area contributed by atoms with Gasteiger partial charge in [0, 0.05) is 13.2 Å². The molecule has 0 unspecified atom stereocenters. The lowest BCUT2D eigenvalue weighted by molar-refractivity contribution is -0.148. The fourth-order valence-corrected chi connectivity index (χ4v) is 2.77. The number of ether oxygens (including phenoxy) is 3. The zero-order valence-electron chi connectivity index (χ0n) is 13.8. The molecule has 6 heteroatoms. The largest absolute Gasteiger partial charge is 0.492 e. The molecule has 0 bridgehead atoms. The van der Waals surface area contributed by atoms with Gasteiger partial charge in [0.15, 0.2) is 0 Å². The summed E-state index contributed by atoms with van der Waals surface area (Å²) in [5.41, 5.74) is 0.982. The van der Waals surface area contributed by atoms with Crippen molar-refractivity contribution in [2.75, 3.05) is 19.8 Å². The molecule has 25 heavy (non-hydrogen) atoms. The molecule has 0 atom stereocenters. The summed E-state index contributed by atoms with van der Waals surface area (Å²) in [5, 5.41) is 9.01. The van der Waals surface area contributed by atoms with Gasteiger partial charge in [0.25, 0.3) is 5.91 Å². The van der Waals surface area contributed by atoms with Crippen LogP contribution in [0.3, 0.4) is 0 Å². The van der Waals surface area contributed by atoms with Crippen LogP contribution in [0.2, 0.25) is 0 Å². The fourth-order valence-electron chi connectivity index (χ4n) is 2.77. The molecule has 1 fully saturated rings. The summed E-state index contributed by atoms with van der Waals surface area (Å²) in [7, 11) is 0. The summed E-state index contributed by atoms with van der Waals surface area (Å²) in [5.74, 6) is 1.67. The molecule has 0 saturated carbocycles. The van der Waals surface area contributed by atoms with Crippen molar-refractivity contribution in [3.8, 4) is 17.2 Å². The molecular weight excluding hydrogens is 322 g/mol. The Morgan fingerprint density at radius 3 is 2.24 bits per heavy atom. The molecule has 1 heterocycles. The number of hydrogen-bond donors (Lipinski definition) is 2. The highest BCUT2D eigenvalue weighted by atomic mass is 16.5.